The fraction of sp³-hybridized carbons (Fsp3) is 0. The maximum Gasteiger partial charge on any atom is 0.123 e. The number of hydrogen-bond donors (Lipinski definition) is 0. The number of aromatic nitrogens is 1. The van der Waals surface area contributed by atoms with E-state index in [-0.39, 0.29) is 4.88 Å². The van der Waals surface area contributed by atoms with Crippen LogP contribution < -0.4 is 5.11 Å². The molecular weight excluding hydrogens is 174 g/mol. The van der Waals surface area contributed by atoms with Gasteiger partial charge in [-0.15, -0.1) is 11.3 Å². The third-order valence-corrected chi connectivity index (χ3v) is 2.53. The molecule has 0 aliphatic carbocycles. The summed E-state index contributed by atoms with van der Waals surface area (Å²) in [7, 11) is 0. The van der Waals surface area contributed by atoms with E-state index in [1.54, 1.807) is 18.3 Å². The Hall–Kier alpha value is -1.42. The highest BCUT2D eigenvalue weighted by Gasteiger charge is 2.01. The van der Waals surface area contributed by atoms with Crippen LogP contribution in [0.25, 0.3) is 10.2 Å². The molecule has 2 rings (SSSR count). The number of rotatable bonds is 1. The standard InChI is InChI=1S/C8H5NO2S/c10-8(11)6-4-5-2-1-3-9-7(5)12-6/h1-4H,(H,10,11)/p-1. The molecule has 0 radical (unpaired) electrons. The lowest BCUT2D eigenvalue weighted by molar-refractivity contribution is -0.254. The average molecular weight is 178 g/mol. The number of carboxylic acid groups (broad SMARTS) is 1. The van der Waals surface area contributed by atoms with Gasteiger partial charge in [0.2, 0.25) is 0 Å². The minimum atomic E-state index is -1.14. The zero-order valence-corrected chi connectivity index (χ0v) is 6.80. The summed E-state index contributed by atoms with van der Waals surface area (Å²) >= 11 is 1.13. The normalized spacial score (nSPS) is 10.3. The zero-order valence-electron chi connectivity index (χ0n) is 5.98. The molecule has 0 saturated carbocycles. The van der Waals surface area contributed by atoms with Crippen LogP contribution in [0.4, 0.5) is 0 Å². The molecule has 0 atom stereocenters. The third-order valence-electron chi connectivity index (χ3n) is 1.50. The van der Waals surface area contributed by atoms with Crippen LogP contribution in [0, 0.1) is 0 Å². The van der Waals surface area contributed by atoms with E-state index in [1.807, 2.05) is 6.07 Å². The zero-order chi connectivity index (χ0) is 8.55. The molecule has 0 unspecified atom stereocenters. The van der Waals surface area contributed by atoms with E-state index in [2.05, 4.69) is 4.98 Å². The van der Waals surface area contributed by atoms with Crippen LogP contribution in [0.15, 0.2) is 24.4 Å². The summed E-state index contributed by atoms with van der Waals surface area (Å²) < 4.78 is 0. The number of aromatic carboxylic acids is 1. The van der Waals surface area contributed by atoms with E-state index in [9.17, 15) is 9.90 Å². The molecule has 0 spiro atoms. The van der Waals surface area contributed by atoms with Crippen molar-refractivity contribution in [3.63, 3.8) is 0 Å². The van der Waals surface area contributed by atoms with Gasteiger partial charge in [-0.05, 0) is 12.1 Å². The Balaban J connectivity index is 2.70. The van der Waals surface area contributed by atoms with Gasteiger partial charge in [0.25, 0.3) is 0 Å². The van der Waals surface area contributed by atoms with Crippen molar-refractivity contribution in [2.24, 2.45) is 0 Å². The number of nitrogens with zero attached hydrogens (tertiary/aromatic N) is 1. The van der Waals surface area contributed by atoms with Gasteiger partial charge in [0.1, 0.15) is 4.83 Å². The van der Waals surface area contributed by atoms with Gasteiger partial charge in [0.15, 0.2) is 0 Å². The molecule has 0 aromatic carbocycles. The Morgan fingerprint density at radius 2 is 2.42 bits per heavy atom. The molecule has 0 aliphatic heterocycles. The minimum Gasteiger partial charge on any atom is -0.544 e. The Bertz CT molecular complexity index is 402. The highest BCUT2D eigenvalue weighted by molar-refractivity contribution is 7.20. The first-order chi connectivity index (χ1) is 5.77. The quantitative estimate of drug-likeness (QED) is 0.644. The average Bonchev–Trinajstić information content (AvgIpc) is 2.46. The van der Waals surface area contributed by atoms with Crippen LogP contribution in [0.1, 0.15) is 9.67 Å². The highest BCUT2D eigenvalue weighted by Crippen LogP contribution is 2.22. The molecule has 0 amide bonds. The van der Waals surface area contributed by atoms with Crippen LogP contribution in [-0.2, 0) is 0 Å². The smallest absolute Gasteiger partial charge is 0.123 e. The van der Waals surface area contributed by atoms with Gasteiger partial charge < -0.3 is 9.90 Å². The molecular formula is C8H4NO2S-. The maximum absolute atomic E-state index is 10.4. The van der Waals surface area contributed by atoms with Gasteiger partial charge in [-0.25, -0.2) is 4.98 Å². The van der Waals surface area contributed by atoms with Crippen molar-refractivity contribution in [2.45, 2.75) is 0 Å². The van der Waals surface area contributed by atoms with Gasteiger partial charge in [-0.2, -0.15) is 0 Å². The predicted molar refractivity (Wildman–Crippen MR) is 44.0 cm³/mol. The molecule has 0 aliphatic rings. The number of thiophene rings is 1. The molecule has 12 heavy (non-hydrogen) atoms. The van der Waals surface area contributed by atoms with E-state index >= 15 is 0 Å². The number of carbonyl (C=O) groups excluding carboxylic acids is 1. The highest BCUT2D eigenvalue weighted by atomic mass is 32.1. The molecule has 0 bridgehead atoms. The van der Waals surface area contributed by atoms with Gasteiger partial charge in [0, 0.05) is 11.6 Å². The maximum atomic E-state index is 10.4. The molecule has 2 aromatic heterocycles. The predicted octanol–water partition coefficient (Wildman–Crippen LogP) is 0.660. The molecule has 0 saturated heterocycles. The topological polar surface area (TPSA) is 53.0 Å². The van der Waals surface area contributed by atoms with E-state index in [4.69, 9.17) is 0 Å². The van der Waals surface area contributed by atoms with Gasteiger partial charge in [0.05, 0.1) is 10.8 Å². The molecule has 4 heteroatoms. The van der Waals surface area contributed by atoms with E-state index in [0.29, 0.717) is 0 Å². The Morgan fingerprint density at radius 3 is 3.08 bits per heavy atom. The van der Waals surface area contributed by atoms with Gasteiger partial charge in [-0.3, -0.25) is 0 Å². The number of carboxylic acids is 1. The second-order valence-corrected chi connectivity index (χ2v) is 3.33. The van der Waals surface area contributed by atoms with E-state index < -0.39 is 5.97 Å². The Labute approximate surface area is 72.3 Å². The summed E-state index contributed by atoms with van der Waals surface area (Å²) in [6, 6.07) is 5.17. The largest absolute Gasteiger partial charge is 0.544 e. The molecule has 3 nitrogen and oxygen atoms in total. The van der Waals surface area contributed by atoms with Crippen molar-refractivity contribution >= 4 is 27.5 Å². The monoisotopic (exact) mass is 178 g/mol. The summed E-state index contributed by atoms with van der Waals surface area (Å²) in [6.07, 6.45) is 1.64. The first-order valence-electron chi connectivity index (χ1n) is 3.33. The van der Waals surface area contributed by atoms with Crippen molar-refractivity contribution in [3.05, 3.63) is 29.3 Å². The lowest BCUT2D eigenvalue weighted by Crippen LogP contribution is -2.20. The third kappa shape index (κ3) is 1.06. The van der Waals surface area contributed by atoms with Crippen LogP contribution >= 0.6 is 11.3 Å². The van der Waals surface area contributed by atoms with Crippen LogP contribution in [0.2, 0.25) is 0 Å². The molecule has 2 heterocycles. The summed E-state index contributed by atoms with van der Waals surface area (Å²) in [5, 5.41) is 11.3. The summed E-state index contributed by atoms with van der Waals surface area (Å²) in [5.74, 6) is -1.14. The second-order valence-electron chi connectivity index (χ2n) is 2.30. The number of pyridine rings is 1. The first kappa shape index (κ1) is 7.24. The van der Waals surface area contributed by atoms with Gasteiger partial charge in [-0.1, -0.05) is 6.07 Å². The number of carbonyl (C=O) groups is 1. The summed E-state index contributed by atoms with van der Waals surface area (Å²) in [6.45, 7) is 0. The minimum absolute atomic E-state index is 0.226. The summed E-state index contributed by atoms with van der Waals surface area (Å²) in [4.78, 5) is 15.4. The van der Waals surface area contributed by atoms with Crippen molar-refractivity contribution in [1.29, 1.82) is 0 Å². The van der Waals surface area contributed by atoms with Crippen molar-refractivity contribution in [1.82, 2.24) is 4.98 Å². The first-order valence-corrected chi connectivity index (χ1v) is 4.15. The second kappa shape index (κ2) is 2.57. The van der Waals surface area contributed by atoms with Gasteiger partial charge >= 0.3 is 0 Å². The van der Waals surface area contributed by atoms with E-state index in [1.165, 1.54) is 0 Å². The SMILES string of the molecule is O=C([O-])c1cc2cccnc2s1. The molecule has 0 N–H and O–H groups in total. The van der Waals surface area contributed by atoms with Crippen molar-refractivity contribution < 1.29 is 9.90 Å². The van der Waals surface area contributed by atoms with Crippen molar-refractivity contribution in [2.75, 3.05) is 0 Å². The summed E-state index contributed by atoms with van der Waals surface area (Å²) in [5.41, 5.74) is 0. The lowest BCUT2D eigenvalue weighted by atomic mass is 10.3. The molecule has 2 aromatic rings. The number of fused-ring (bicyclic) bond motifs is 1. The van der Waals surface area contributed by atoms with Crippen LogP contribution in [-0.4, -0.2) is 11.0 Å². The lowest BCUT2D eigenvalue weighted by Gasteiger charge is -1.91. The Kier molecular flexibility index (Phi) is 1.55. The number of hydrogen-bond acceptors (Lipinski definition) is 4. The van der Waals surface area contributed by atoms with Crippen LogP contribution in [0.5, 0.6) is 0 Å². The fourth-order valence-corrected chi connectivity index (χ4v) is 1.81. The molecule has 60 valence electrons. The molecule has 0 fully saturated rings. The van der Waals surface area contributed by atoms with E-state index in [0.717, 1.165) is 21.6 Å². The van der Waals surface area contributed by atoms with Crippen molar-refractivity contribution in [3.8, 4) is 0 Å². The van der Waals surface area contributed by atoms with Crippen LogP contribution in [0.3, 0.4) is 0 Å². The Morgan fingerprint density at radius 1 is 1.58 bits per heavy atom. The fourth-order valence-electron chi connectivity index (χ4n) is 0.974.